The highest BCUT2D eigenvalue weighted by molar-refractivity contribution is 9.10. The fourth-order valence-electron chi connectivity index (χ4n) is 3.28. The monoisotopic (exact) mass is 401 g/mol. The number of fused-ring (bicyclic) bond motifs is 3. The summed E-state index contributed by atoms with van der Waals surface area (Å²) in [6.07, 6.45) is -0.582. The summed E-state index contributed by atoms with van der Waals surface area (Å²) in [6.45, 7) is -0.179. The maximum Gasteiger partial charge on any atom is 0.417 e. The van der Waals surface area contributed by atoms with Crippen molar-refractivity contribution in [2.75, 3.05) is 0 Å². The molecule has 2 aromatic rings. The largest absolute Gasteiger partial charge is 0.473 e. The molecule has 0 N–H and O–H groups in total. The highest BCUT2D eigenvalue weighted by atomic mass is 79.9. The molecule has 1 heterocycles. The Morgan fingerprint density at radius 2 is 2.04 bits per heavy atom. The van der Waals surface area contributed by atoms with Gasteiger partial charge in [-0.05, 0) is 47.9 Å². The van der Waals surface area contributed by atoms with Gasteiger partial charge in [-0.2, -0.15) is 13.2 Å². The summed E-state index contributed by atoms with van der Waals surface area (Å²) < 4.78 is 57.4. The van der Waals surface area contributed by atoms with Gasteiger partial charge in [-0.15, -0.1) is 0 Å². The Hall–Kier alpha value is -1.63. The smallest absolute Gasteiger partial charge is 0.417 e. The van der Waals surface area contributed by atoms with Gasteiger partial charge in [-0.25, -0.2) is 9.37 Å². The van der Waals surface area contributed by atoms with Crippen LogP contribution in [0.1, 0.15) is 34.6 Å². The molecule has 1 fully saturated rings. The number of hydrogen-bond acceptors (Lipinski definition) is 2. The zero-order valence-electron chi connectivity index (χ0n) is 12.3. The quantitative estimate of drug-likeness (QED) is 0.656. The van der Waals surface area contributed by atoms with Crippen LogP contribution in [0, 0.1) is 11.7 Å². The Bertz CT molecular complexity index is 821. The van der Waals surface area contributed by atoms with Gasteiger partial charge in [-0.3, -0.25) is 0 Å². The second kappa shape index (κ2) is 5.44. The van der Waals surface area contributed by atoms with Crippen molar-refractivity contribution in [3.05, 3.63) is 56.9 Å². The van der Waals surface area contributed by atoms with Crippen LogP contribution in [-0.4, -0.2) is 4.98 Å². The molecular formula is C17H12BrF4NO. The van der Waals surface area contributed by atoms with Gasteiger partial charge in [0, 0.05) is 22.3 Å². The zero-order chi connectivity index (χ0) is 17.1. The van der Waals surface area contributed by atoms with E-state index in [4.69, 9.17) is 4.74 Å². The van der Waals surface area contributed by atoms with E-state index in [-0.39, 0.29) is 16.6 Å². The van der Waals surface area contributed by atoms with Crippen molar-refractivity contribution >= 4 is 15.9 Å². The number of nitrogens with zero attached hydrogens (tertiary/aromatic N) is 1. The summed E-state index contributed by atoms with van der Waals surface area (Å²) in [5.41, 5.74) is 1.46. The lowest BCUT2D eigenvalue weighted by Gasteiger charge is -2.13. The Morgan fingerprint density at radius 1 is 1.25 bits per heavy atom. The van der Waals surface area contributed by atoms with Crippen molar-refractivity contribution in [2.24, 2.45) is 5.92 Å². The number of rotatable bonds is 3. The van der Waals surface area contributed by atoms with Gasteiger partial charge in [0.2, 0.25) is 5.88 Å². The van der Waals surface area contributed by atoms with Crippen LogP contribution in [0.4, 0.5) is 17.6 Å². The van der Waals surface area contributed by atoms with E-state index in [1.807, 2.05) is 6.07 Å². The average Bonchev–Trinajstić information content (AvgIpc) is 3.18. The number of ether oxygens (including phenoxy) is 1. The van der Waals surface area contributed by atoms with E-state index in [1.54, 1.807) is 6.20 Å². The van der Waals surface area contributed by atoms with Crippen molar-refractivity contribution in [2.45, 2.75) is 31.5 Å². The third kappa shape index (κ3) is 2.79. The molecule has 2 nitrogen and oxygen atoms in total. The van der Waals surface area contributed by atoms with Gasteiger partial charge in [0.1, 0.15) is 12.4 Å². The molecule has 0 bridgehead atoms. The van der Waals surface area contributed by atoms with Gasteiger partial charge in [0.25, 0.3) is 0 Å². The molecule has 1 aromatic carbocycles. The molecule has 126 valence electrons. The fourth-order valence-corrected chi connectivity index (χ4v) is 3.90. The third-order valence-electron chi connectivity index (χ3n) is 4.62. The lowest BCUT2D eigenvalue weighted by molar-refractivity contribution is -0.138. The van der Waals surface area contributed by atoms with Crippen molar-refractivity contribution in [3.63, 3.8) is 0 Å². The second-order valence-corrected chi connectivity index (χ2v) is 7.09. The van der Waals surface area contributed by atoms with E-state index >= 15 is 0 Å². The minimum atomic E-state index is -4.61. The SMILES string of the molecule is Fc1cc(C(F)(F)F)c(Br)cc1COc1cc2c(cn1)C1CC1C2. The molecule has 4 rings (SSSR count). The molecular weight excluding hydrogens is 390 g/mol. The number of benzene rings is 1. The lowest BCUT2D eigenvalue weighted by atomic mass is 10.1. The van der Waals surface area contributed by atoms with Gasteiger partial charge in [-0.1, -0.05) is 15.9 Å². The normalized spacial score (nSPS) is 21.4. The molecule has 0 saturated heterocycles. The predicted octanol–water partition coefficient (Wildman–Crippen LogP) is 5.24. The van der Waals surface area contributed by atoms with Gasteiger partial charge < -0.3 is 4.74 Å². The first kappa shape index (κ1) is 15.9. The molecule has 0 amide bonds. The predicted molar refractivity (Wildman–Crippen MR) is 82.2 cm³/mol. The first-order chi connectivity index (χ1) is 11.3. The van der Waals surface area contributed by atoms with Crippen molar-refractivity contribution in [3.8, 4) is 5.88 Å². The maximum atomic E-state index is 13.9. The van der Waals surface area contributed by atoms with Crippen LogP contribution >= 0.6 is 15.9 Å². The second-order valence-electron chi connectivity index (χ2n) is 6.24. The molecule has 2 atom stereocenters. The Labute approximate surface area is 144 Å². The number of halogens is 5. The summed E-state index contributed by atoms with van der Waals surface area (Å²) >= 11 is 2.84. The topological polar surface area (TPSA) is 22.1 Å². The van der Waals surface area contributed by atoms with Crippen LogP contribution in [0.15, 0.2) is 28.9 Å². The summed E-state index contributed by atoms with van der Waals surface area (Å²) in [5, 5.41) is 0. The minimum absolute atomic E-state index is 0.0417. The highest BCUT2D eigenvalue weighted by Crippen LogP contribution is 2.56. The number of alkyl halides is 3. The average molecular weight is 402 g/mol. The van der Waals surface area contributed by atoms with Crippen LogP contribution in [0.2, 0.25) is 0 Å². The Morgan fingerprint density at radius 3 is 2.79 bits per heavy atom. The Balaban J connectivity index is 1.51. The van der Waals surface area contributed by atoms with Crippen LogP contribution in [0.3, 0.4) is 0 Å². The van der Waals surface area contributed by atoms with E-state index in [0.717, 1.165) is 18.4 Å². The van der Waals surface area contributed by atoms with Crippen LogP contribution < -0.4 is 4.74 Å². The first-order valence-electron chi connectivity index (χ1n) is 7.49. The molecule has 0 aliphatic heterocycles. The summed E-state index contributed by atoms with van der Waals surface area (Å²) in [7, 11) is 0. The molecule has 0 spiro atoms. The summed E-state index contributed by atoms with van der Waals surface area (Å²) in [6, 6.07) is 3.42. The zero-order valence-corrected chi connectivity index (χ0v) is 13.9. The van der Waals surface area contributed by atoms with E-state index in [9.17, 15) is 17.6 Å². The van der Waals surface area contributed by atoms with Gasteiger partial charge in [0.15, 0.2) is 0 Å². The van der Waals surface area contributed by atoms with Crippen LogP contribution in [0.5, 0.6) is 5.88 Å². The molecule has 0 radical (unpaired) electrons. The number of hydrogen-bond donors (Lipinski definition) is 0. The molecule has 1 saturated carbocycles. The van der Waals surface area contributed by atoms with Gasteiger partial charge in [0.05, 0.1) is 5.56 Å². The molecule has 1 aromatic heterocycles. The van der Waals surface area contributed by atoms with Crippen molar-refractivity contribution < 1.29 is 22.3 Å². The minimum Gasteiger partial charge on any atom is -0.473 e. The van der Waals surface area contributed by atoms with Crippen molar-refractivity contribution in [1.29, 1.82) is 0 Å². The Kier molecular flexibility index (Phi) is 3.60. The molecule has 2 aliphatic carbocycles. The van der Waals surface area contributed by atoms with E-state index in [0.29, 0.717) is 17.9 Å². The molecule has 2 aliphatic rings. The summed E-state index contributed by atoms with van der Waals surface area (Å²) in [4.78, 5) is 4.22. The van der Waals surface area contributed by atoms with Gasteiger partial charge >= 0.3 is 6.18 Å². The standard InChI is InChI=1S/C17H12BrF4NO/c18-14-3-10(15(19)5-13(14)17(20,21)22)7-24-16-4-9-1-8-2-11(8)12(9)6-23-16/h3-6,8,11H,1-2,7H2. The lowest BCUT2D eigenvalue weighted by Crippen LogP contribution is -2.09. The number of pyridine rings is 1. The number of aromatic nitrogens is 1. The molecule has 24 heavy (non-hydrogen) atoms. The first-order valence-corrected chi connectivity index (χ1v) is 8.29. The molecule has 7 heteroatoms. The van der Waals surface area contributed by atoms with Crippen LogP contribution in [-0.2, 0) is 19.2 Å². The third-order valence-corrected chi connectivity index (χ3v) is 5.28. The fraction of sp³-hybridized carbons (Fsp3) is 0.353. The van der Waals surface area contributed by atoms with E-state index in [2.05, 4.69) is 20.9 Å². The van der Waals surface area contributed by atoms with E-state index in [1.165, 1.54) is 17.5 Å². The summed E-state index contributed by atoms with van der Waals surface area (Å²) in [5.74, 6) is 0.767. The van der Waals surface area contributed by atoms with Crippen molar-refractivity contribution in [1.82, 2.24) is 4.98 Å². The maximum absolute atomic E-state index is 13.9. The highest BCUT2D eigenvalue weighted by Gasteiger charge is 2.45. The van der Waals surface area contributed by atoms with E-state index < -0.39 is 17.6 Å². The molecule has 2 unspecified atom stereocenters. The van der Waals surface area contributed by atoms with Crippen LogP contribution in [0.25, 0.3) is 0 Å².